The van der Waals surface area contributed by atoms with Crippen LogP contribution in [0, 0.1) is 0 Å². The molecular weight excluding hydrogens is 299 g/mol. The summed E-state index contributed by atoms with van der Waals surface area (Å²) in [7, 11) is 0. The first-order valence-corrected chi connectivity index (χ1v) is 6.52. The van der Waals surface area contributed by atoms with Crippen LogP contribution in [0.5, 0.6) is 5.88 Å². The van der Waals surface area contributed by atoms with E-state index in [2.05, 4.69) is 20.0 Å². The van der Waals surface area contributed by atoms with Crippen LogP contribution in [0.25, 0.3) is 0 Å². The number of amides is 1. The molecule has 0 bridgehead atoms. The van der Waals surface area contributed by atoms with Gasteiger partial charge in [-0.3, -0.25) is 4.79 Å². The topological polar surface area (TPSA) is 67.0 Å². The first-order valence-electron chi connectivity index (χ1n) is 6.52. The minimum Gasteiger partial charge on any atom is -0.468 e. The molecular formula is C14H14F3N3O2. The van der Waals surface area contributed by atoms with Crippen molar-refractivity contribution in [3.63, 3.8) is 0 Å². The number of alkyl halides is 3. The number of nitrogens with zero attached hydrogens (tertiary/aromatic N) is 1. The van der Waals surface area contributed by atoms with Crippen molar-refractivity contribution in [2.75, 3.05) is 11.9 Å². The number of aromatic amines is 1. The van der Waals surface area contributed by atoms with Gasteiger partial charge >= 0.3 is 6.18 Å². The zero-order valence-corrected chi connectivity index (χ0v) is 11.7. The van der Waals surface area contributed by atoms with Crippen LogP contribution in [0.4, 0.5) is 18.9 Å². The predicted molar refractivity (Wildman–Crippen MR) is 73.9 cm³/mol. The summed E-state index contributed by atoms with van der Waals surface area (Å²) in [6.45, 7) is 0.506. The van der Waals surface area contributed by atoms with Crippen molar-refractivity contribution in [1.29, 1.82) is 0 Å². The molecule has 2 rings (SSSR count). The van der Waals surface area contributed by atoms with Gasteiger partial charge in [0.15, 0.2) is 6.61 Å². The fraction of sp³-hybridized carbons (Fsp3) is 0.286. The molecule has 118 valence electrons. The van der Waals surface area contributed by atoms with Crippen LogP contribution >= 0.6 is 0 Å². The van der Waals surface area contributed by atoms with Gasteiger partial charge in [0.2, 0.25) is 5.88 Å². The van der Waals surface area contributed by atoms with Gasteiger partial charge in [0.25, 0.3) is 5.91 Å². The third kappa shape index (κ3) is 4.24. The van der Waals surface area contributed by atoms with Crippen LogP contribution in [0.3, 0.4) is 0 Å². The van der Waals surface area contributed by atoms with Crippen molar-refractivity contribution in [3.8, 4) is 5.88 Å². The Labute approximate surface area is 124 Å². The molecule has 0 saturated carbocycles. The van der Waals surface area contributed by atoms with E-state index in [-0.39, 0.29) is 11.8 Å². The Hall–Kier alpha value is -2.51. The molecule has 8 heteroatoms. The van der Waals surface area contributed by atoms with Gasteiger partial charge in [-0.2, -0.15) is 13.2 Å². The van der Waals surface area contributed by atoms with Crippen LogP contribution in [0.15, 0.2) is 30.6 Å². The standard InChI is InChI=1S/C14H14F3N3O2/c1-2-11-10(5-6-18-11)13(21)20-9-3-4-12(19-7-9)22-8-14(15,16)17/h3-7,18H,2,8H2,1H3,(H,20,21). The summed E-state index contributed by atoms with van der Waals surface area (Å²) in [6.07, 6.45) is -0.834. The number of hydrogen-bond acceptors (Lipinski definition) is 3. The summed E-state index contributed by atoms with van der Waals surface area (Å²) in [5, 5.41) is 2.62. The van der Waals surface area contributed by atoms with E-state index in [9.17, 15) is 18.0 Å². The maximum absolute atomic E-state index is 12.1. The average molecular weight is 313 g/mol. The van der Waals surface area contributed by atoms with Gasteiger partial charge in [0, 0.05) is 18.0 Å². The summed E-state index contributed by atoms with van der Waals surface area (Å²) in [5.74, 6) is -0.477. The molecule has 0 aromatic carbocycles. The second-order valence-corrected chi connectivity index (χ2v) is 4.47. The highest BCUT2D eigenvalue weighted by atomic mass is 19.4. The molecule has 0 unspecified atom stereocenters. The van der Waals surface area contributed by atoms with Gasteiger partial charge in [-0.1, -0.05) is 6.92 Å². The molecule has 2 heterocycles. The smallest absolute Gasteiger partial charge is 0.422 e. The molecule has 2 aromatic rings. The molecule has 0 radical (unpaired) electrons. The van der Waals surface area contributed by atoms with E-state index in [4.69, 9.17) is 0 Å². The highest BCUT2D eigenvalue weighted by Gasteiger charge is 2.28. The van der Waals surface area contributed by atoms with Crippen molar-refractivity contribution in [1.82, 2.24) is 9.97 Å². The number of pyridine rings is 1. The number of ether oxygens (including phenoxy) is 1. The monoisotopic (exact) mass is 313 g/mol. The van der Waals surface area contributed by atoms with Crippen LogP contribution < -0.4 is 10.1 Å². The van der Waals surface area contributed by atoms with Crippen molar-refractivity contribution in [2.45, 2.75) is 19.5 Å². The summed E-state index contributed by atoms with van der Waals surface area (Å²) < 4.78 is 40.5. The van der Waals surface area contributed by atoms with E-state index in [1.165, 1.54) is 18.3 Å². The van der Waals surface area contributed by atoms with E-state index in [0.29, 0.717) is 17.7 Å². The maximum Gasteiger partial charge on any atom is 0.422 e. The van der Waals surface area contributed by atoms with Gasteiger partial charge in [-0.25, -0.2) is 4.98 Å². The Morgan fingerprint density at radius 1 is 1.36 bits per heavy atom. The number of halogens is 3. The van der Waals surface area contributed by atoms with E-state index < -0.39 is 12.8 Å². The number of aromatic nitrogens is 2. The van der Waals surface area contributed by atoms with Gasteiger partial charge in [-0.15, -0.1) is 0 Å². The fourth-order valence-electron chi connectivity index (χ4n) is 1.80. The number of carbonyl (C=O) groups excluding carboxylic acids is 1. The van der Waals surface area contributed by atoms with E-state index in [1.54, 1.807) is 12.3 Å². The number of rotatable bonds is 5. The fourth-order valence-corrected chi connectivity index (χ4v) is 1.80. The highest BCUT2D eigenvalue weighted by Crippen LogP contribution is 2.18. The van der Waals surface area contributed by atoms with Crippen molar-refractivity contribution >= 4 is 11.6 Å². The molecule has 0 spiro atoms. The lowest BCUT2D eigenvalue weighted by Gasteiger charge is -2.09. The van der Waals surface area contributed by atoms with Crippen LogP contribution in [-0.4, -0.2) is 28.7 Å². The van der Waals surface area contributed by atoms with Crippen molar-refractivity contribution in [3.05, 3.63) is 41.9 Å². The van der Waals surface area contributed by atoms with Gasteiger partial charge in [0.1, 0.15) is 0 Å². The number of aryl methyl sites for hydroxylation is 1. The third-order valence-electron chi connectivity index (χ3n) is 2.81. The van der Waals surface area contributed by atoms with Gasteiger partial charge < -0.3 is 15.0 Å². The largest absolute Gasteiger partial charge is 0.468 e. The first kappa shape index (κ1) is 15.9. The Kier molecular flexibility index (Phi) is 4.69. The second-order valence-electron chi connectivity index (χ2n) is 4.47. The minimum atomic E-state index is -4.42. The van der Waals surface area contributed by atoms with Crippen LogP contribution in [-0.2, 0) is 6.42 Å². The third-order valence-corrected chi connectivity index (χ3v) is 2.81. The van der Waals surface area contributed by atoms with E-state index >= 15 is 0 Å². The molecule has 2 aromatic heterocycles. The Bertz CT molecular complexity index is 636. The molecule has 0 aliphatic rings. The molecule has 22 heavy (non-hydrogen) atoms. The number of H-pyrrole nitrogens is 1. The normalized spacial score (nSPS) is 11.3. The van der Waals surface area contributed by atoms with Crippen LogP contribution in [0.1, 0.15) is 23.0 Å². The number of anilines is 1. The summed E-state index contributed by atoms with van der Waals surface area (Å²) in [5.41, 5.74) is 1.68. The Morgan fingerprint density at radius 3 is 2.73 bits per heavy atom. The number of hydrogen-bond donors (Lipinski definition) is 2. The molecule has 0 saturated heterocycles. The molecule has 5 nitrogen and oxygen atoms in total. The van der Waals surface area contributed by atoms with Crippen molar-refractivity contribution < 1.29 is 22.7 Å². The highest BCUT2D eigenvalue weighted by molar-refractivity contribution is 6.05. The predicted octanol–water partition coefficient (Wildman–Crippen LogP) is 3.17. The van der Waals surface area contributed by atoms with E-state index in [0.717, 1.165) is 5.69 Å². The SMILES string of the molecule is CCc1[nH]ccc1C(=O)Nc1ccc(OCC(F)(F)F)nc1. The number of nitrogens with one attached hydrogen (secondary N) is 2. The molecule has 1 amide bonds. The lowest BCUT2D eigenvalue weighted by atomic mass is 10.2. The van der Waals surface area contributed by atoms with Gasteiger partial charge in [0.05, 0.1) is 17.4 Å². The molecule has 0 aliphatic heterocycles. The lowest BCUT2D eigenvalue weighted by molar-refractivity contribution is -0.154. The van der Waals surface area contributed by atoms with Gasteiger partial charge in [-0.05, 0) is 18.6 Å². The average Bonchev–Trinajstić information content (AvgIpc) is 2.94. The zero-order valence-electron chi connectivity index (χ0n) is 11.7. The first-order chi connectivity index (χ1) is 10.4. The summed E-state index contributed by atoms with van der Waals surface area (Å²) in [4.78, 5) is 18.7. The maximum atomic E-state index is 12.1. The minimum absolute atomic E-state index is 0.161. The molecule has 0 aliphatic carbocycles. The summed E-state index contributed by atoms with van der Waals surface area (Å²) >= 11 is 0. The Morgan fingerprint density at radius 2 is 2.14 bits per heavy atom. The molecule has 0 atom stereocenters. The van der Waals surface area contributed by atoms with Crippen LogP contribution in [0.2, 0.25) is 0 Å². The Balaban J connectivity index is 1.98. The quantitative estimate of drug-likeness (QED) is 0.891. The van der Waals surface area contributed by atoms with E-state index in [1.807, 2.05) is 6.92 Å². The second kappa shape index (κ2) is 6.50. The number of carbonyl (C=O) groups is 1. The molecule has 2 N–H and O–H groups in total. The lowest BCUT2D eigenvalue weighted by Crippen LogP contribution is -2.19. The summed E-state index contributed by atoms with van der Waals surface area (Å²) in [6, 6.07) is 4.34. The molecule has 0 fully saturated rings. The van der Waals surface area contributed by atoms with Crippen molar-refractivity contribution in [2.24, 2.45) is 0 Å². The zero-order chi connectivity index (χ0) is 16.2.